The first kappa shape index (κ1) is 10.4. The van der Waals surface area contributed by atoms with Crippen LogP contribution in [0.1, 0.15) is 20.3 Å². The van der Waals surface area contributed by atoms with Crippen LogP contribution in [-0.4, -0.2) is 34.9 Å². The highest BCUT2D eigenvalue weighted by atomic mass is 16.4. The van der Waals surface area contributed by atoms with E-state index in [1.807, 2.05) is 0 Å². The van der Waals surface area contributed by atoms with Crippen molar-refractivity contribution in [3.63, 3.8) is 0 Å². The van der Waals surface area contributed by atoms with Crippen molar-refractivity contribution in [3.05, 3.63) is 0 Å². The van der Waals surface area contributed by atoms with Gasteiger partial charge in [0.15, 0.2) is 0 Å². The molecule has 1 atom stereocenters. The Morgan fingerprint density at radius 1 is 1.64 bits per heavy atom. The number of nitrogens with one attached hydrogen (secondary N) is 1. The molecule has 0 spiro atoms. The molecule has 0 radical (unpaired) electrons. The van der Waals surface area contributed by atoms with Gasteiger partial charge in [0.1, 0.15) is 6.04 Å². The van der Waals surface area contributed by atoms with E-state index < -0.39 is 17.6 Å². The second-order valence-corrected chi connectivity index (χ2v) is 3.20. The van der Waals surface area contributed by atoms with Crippen molar-refractivity contribution in [1.29, 1.82) is 0 Å². The normalized spacial score (nSPS) is 14.5. The van der Waals surface area contributed by atoms with Crippen molar-refractivity contribution >= 4 is 5.97 Å². The highest BCUT2D eigenvalue weighted by Gasteiger charge is 2.23. The zero-order valence-corrected chi connectivity index (χ0v) is 7.09. The van der Waals surface area contributed by atoms with Crippen molar-refractivity contribution in [2.75, 3.05) is 7.05 Å². The summed E-state index contributed by atoms with van der Waals surface area (Å²) in [6, 6.07) is -0.671. The lowest BCUT2D eigenvalue weighted by molar-refractivity contribution is -0.140. The highest BCUT2D eigenvalue weighted by molar-refractivity contribution is 5.73. The Labute approximate surface area is 66.2 Å². The molecular formula is C7H15NO3. The van der Waals surface area contributed by atoms with Crippen LogP contribution in [0, 0.1) is 0 Å². The number of likely N-dealkylation sites (N-methyl/N-ethyl adjacent to an activating group) is 1. The van der Waals surface area contributed by atoms with E-state index in [0.717, 1.165) is 0 Å². The van der Waals surface area contributed by atoms with Crippen molar-refractivity contribution in [2.45, 2.75) is 31.9 Å². The Hall–Kier alpha value is -0.610. The molecule has 0 bridgehead atoms. The molecule has 0 rings (SSSR count). The van der Waals surface area contributed by atoms with Gasteiger partial charge in [-0.05, 0) is 20.9 Å². The van der Waals surface area contributed by atoms with Gasteiger partial charge >= 0.3 is 5.97 Å². The van der Waals surface area contributed by atoms with Crippen LogP contribution in [-0.2, 0) is 4.79 Å². The van der Waals surface area contributed by atoms with Crippen molar-refractivity contribution in [3.8, 4) is 0 Å². The Bertz CT molecular complexity index is 139. The lowest BCUT2D eigenvalue weighted by Crippen LogP contribution is -2.40. The van der Waals surface area contributed by atoms with Crippen LogP contribution in [0.15, 0.2) is 0 Å². The summed E-state index contributed by atoms with van der Waals surface area (Å²) < 4.78 is 0. The number of carboxylic acids is 1. The first-order valence-corrected chi connectivity index (χ1v) is 3.49. The largest absolute Gasteiger partial charge is 0.480 e. The minimum Gasteiger partial charge on any atom is -0.480 e. The van der Waals surface area contributed by atoms with E-state index in [1.165, 1.54) is 0 Å². The Morgan fingerprint density at radius 2 is 2.09 bits per heavy atom. The molecule has 0 fully saturated rings. The van der Waals surface area contributed by atoms with E-state index in [1.54, 1.807) is 20.9 Å². The fourth-order valence-electron chi connectivity index (χ4n) is 0.812. The summed E-state index contributed by atoms with van der Waals surface area (Å²) in [5.41, 5.74) is -0.938. The maximum absolute atomic E-state index is 10.4. The zero-order chi connectivity index (χ0) is 9.07. The quantitative estimate of drug-likeness (QED) is 0.535. The summed E-state index contributed by atoms with van der Waals surface area (Å²) in [5, 5.41) is 20.4. The first-order chi connectivity index (χ1) is 4.87. The number of hydrogen-bond donors (Lipinski definition) is 3. The van der Waals surface area contributed by atoms with Crippen LogP contribution in [0.25, 0.3) is 0 Å². The van der Waals surface area contributed by atoms with Gasteiger partial charge in [-0.2, -0.15) is 0 Å². The summed E-state index contributed by atoms with van der Waals surface area (Å²) in [4.78, 5) is 10.4. The Kier molecular flexibility index (Phi) is 3.48. The smallest absolute Gasteiger partial charge is 0.320 e. The molecule has 0 saturated heterocycles. The van der Waals surface area contributed by atoms with E-state index >= 15 is 0 Å². The molecule has 0 saturated carbocycles. The number of hydrogen-bond acceptors (Lipinski definition) is 3. The van der Waals surface area contributed by atoms with Crippen LogP contribution >= 0.6 is 0 Å². The molecule has 0 aliphatic carbocycles. The molecule has 0 aromatic heterocycles. The summed E-state index contributed by atoms with van der Waals surface area (Å²) in [7, 11) is 1.56. The average molecular weight is 161 g/mol. The second kappa shape index (κ2) is 3.69. The fourth-order valence-corrected chi connectivity index (χ4v) is 0.812. The third-order valence-electron chi connectivity index (χ3n) is 1.35. The molecule has 0 heterocycles. The monoisotopic (exact) mass is 161 g/mol. The van der Waals surface area contributed by atoms with Gasteiger partial charge < -0.3 is 15.5 Å². The topological polar surface area (TPSA) is 69.6 Å². The van der Waals surface area contributed by atoms with E-state index in [9.17, 15) is 9.90 Å². The molecule has 4 heteroatoms. The fraction of sp³-hybridized carbons (Fsp3) is 0.857. The van der Waals surface area contributed by atoms with E-state index in [0.29, 0.717) is 0 Å². The molecule has 66 valence electrons. The predicted molar refractivity (Wildman–Crippen MR) is 41.4 cm³/mol. The lowest BCUT2D eigenvalue weighted by Gasteiger charge is -2.21. The standard InChI is InChI=1S/C7H15NO3/c1-7(2,11)4-5(8-3)6(9)10/h5,8,11H,4H2,1-3H3,(H,9,10). The maximum Gasteiger partial charge on any atom is 0.320 e. The maximum atomic E-state index is 10.4. The molecule has 3 N–H and O–H groups in total. The van der Waals surface area contributed by atoms with Crippen LogP contribution < -0.4 is 5.32 Å². The number of carboxylic acid groups (broad SMARTS) is 1. The number of carbonyl (C=O) groups is 1. The summed E-state index contributed by atoms with van der Waals surface area (Å²) in [6.07, 6.45) is 0.207. The number of aliphatic hydroxyl groups is 1. The van der Waals surface area contributed by atoms with Crippen molar-refractivity contribution in [2.24, 2.45) is 0 Å². The highest BCUT2D eigenvalue weighted by Crippen LogP contribution is 2.10. The number of rotatable bonds is 4. The molecule has 4 nitrogen and oxygen atoms in total. The van der Waals surface area contributed by atoms with Gasteiger partial charge in [0.05, 0.1) is 5.60 Å². The molecule has 11 heavy (non-hydrogen) atoms. The van der Waals surface area contributed by atoms with Crippen molar-refractivity contribution < 1.29 is 15.0 Å². The van der Waals surface area contributed by atoms with Crippen molar-refractivity contribution in [1.82, 2.24) is 5.32 Å². The summed E-state index contributed by atoms with van der Waals surface area (Å²) in [6.45, 7) is 3.17. The molecule has 0 aromatic carbocycles. The first-order valence-electron chi connectivity index (χ1n) is 3.49. The molecule has 0 aliphatic rings. The van der Waals surface area contributed by atoms with Gasteiger partial charge in [0.25, 0.3) is 0 Å². The van der Waals surface area contributed by atoms with Crippen LogP contribution in [0.3, 0.4) is 0 Å². The van der Waals surface area contributed by atoms with Crippen LogP contribution in [0.2, 0.25) is 0 Å². The minimum absolute atomic E-state index is 0.207. The minimum atomic E-state index is -0.938. The van der Waals surface area contributed by atoms with E-state index in [4.69, 9.17) is 5.11 Å². The second-order valence-electron chi connectivity index (χ2n) is 3.20. The van der Waals surface area contributed by atoms with Gasteiger partial charge in [-0.3, -0.25) is 4.79 Å². The zero-order valence-electron chi connectivity index (χ0n) is 7.09. The number of aliphatic carboxylic acids is 1. The summed E-state index contributed by atoms with van der Waals surface area (Å²) in [5.74, 6) is -0.936. The lowest BCUT2D eigenvalue weighted by atomic mass is 9.99. The van der Waals surface area contributed by atoms with Gasteiger partial charge in [0, 0.05) is 6.42 Å². The average Bonchev–Trinajstić information content (AvgIpc) is 1.80. The molecule has 1 unspecified atom stereocenters. The molecule has 0 aliphatic heterocycles. The third kappa shape index (κ3) is 4.75. The predicted octanol–water partition coefficient (Wildman–Crippen LogP) is -0.180. The van der Waals surface area contributed by atoms with Crippen LogP contribution in [0.4, 0.5) is 0 Å². The van der Waals surface area contributed by atoms with Gasteiger partial charge in [0.2, 0.25) is 0 Å². The third-order valence-corrected chi connectivity index (χ3v) is 1.35. The SMILES string of the molecule is CNC(CC(C)(C)O)C(=O)O. The van der Waals surface area contributed by atoms with Gasteiger partial charge in [-0.1, -0.05) is 0 Å². The van der Waals surface area contributed by atoms with Gasteiger partial charge in [-0.15, -0.1) is 0 Å². The molecule has 0 amide bonds. The van der Waals surface area contributed by atoms with E-state index in [2.05, 4.69) is 5.32 Å². The molecular weight excluding hydrogens is 146 g/mol. The van der Waals surface area contributed by atoms with Crippen LogP contribution in [0.5, 0.6) is 0 Å². The summed E-state index contributed by atoms with van der Waals surface area (Å²) >= 11 is 0. The Balaban J connectivity index is 3.99. The Morgan fingerprint density at radius 3 is 2.18 bits per heavy atom. The van der Waals surface area contributed by atoms with Gasteiger partial charge in [-0.25, -0.2) is 0 Å². The molecule has 0 aromatic rings. The van der Waals surface area contributed by atoms with E-state index in [-0.39, 0.29) is 6.42 Å².